The molecule has 4 aliphatic carbocycles. The van der Waals surface area contributed by atoms with Crippen molar-refractivity contribution in [1.29, 1.82) is 0 Å². The van der Waals surface area contributed by atoms with Gasteiger partial charge >= 0.3 is 0 Å². The molecule has 34 heavy (non-hydrogen) atoms. The molecule has 2 heterocycles. The van der Waals surface area contributed by atoms with Gasteiger partial charge in [0.1, 0.15) is 0 Å². The monoisotopic (exact) mass is 485 g/mol. The summed E-state index contributed by atoms with van der Waals surface area (Å²) in [6.45, 7) is 9.76. The van der Waals surface area contributed by atoms with Crippen molar-refractivity contribution in [3.8, 4) is 0 Å². The van der Waals surface area contributed by atoms with Gasteiger partial charge in [0, 0.05) is 38.1 Å². The number of anilines is 1. The number of piperazine rings is 1. The Kier molecular flexibility index (Phi) is 5.79. The third-order valence-corrected chi connectivity index (χ3v) is 11.2. The predicted molar refractivity (Wildman–Crippen MR) is 136 cm³/mol. The van der Waals surface area contributed by atoms with Crippen molar-refractivity contribution in [2.45, 2.75) is 58.8 Å². The van der Waals surface area contributed by atoms with Crippen LogP contribution < -0.4 is 5.43 Å². The van der Waals surface area contributed by atoms with Crippen molar-refractivity contribution in [2.24, 2.45) is 33.7 Å². The minimum absolute atomic E-state index is 0.0974. The molecule has 0 amide bonds. The molecule has 1 aliphatic heterocycles. The summed E-state index contributed by atoms with van der Waals surface area (Å²) in [5.74, 6) is 2.07. The van der Waals surface area contributed by atoms with E-state index in [4.69, 9.17) is 4.98 Å². The topological polar surface area (TPSA) is 84.2 Å². The molecule has 0 radical (unpaired) electrons. The summed E-state index contributed by atoms with van der Waals surface area (Å²) in [5.41, 5.74) is 7.83. The molecule has 5 aliphatic rings. The van der Waals surface area contributed by atoms with Crippen LogP contribution >= 0.6 is 11.3 Å². The van der Waals surface area contributed by atoms with E-state index in [1.807, 2.05) is 11.3 Å². The van der Waals surface area contributed by atoms with Crippen molar-refractivity contribution in [3.63, 3.8) is 0 Å². The number of aliphatic hydroxyl groups excluding tert-OH is 1. The average molecular weight is 486 g/mol. The van der Waals surface area contributed by atoms with E-state index in [2.05, 4.69) is 40.4 Å². The number of nitrogens with zero attached hydrogens (tertiary/aromatic N) is 4. The van der Waals surface area contributed by atoms with E-state index in [0.717, 1.165) is 75.2 Å². The molecule has 6 rings (SSSR count). The lowest BCUT2D eigenvalue weighted by Crippen LogP contribution is -2.49. The zero-order chi connectivity index (χ0) is 23.5. The molecule has 0 unspecified atom stereocenters. The van der Waals surface area contributed by atoms with Crippen molar-refractivity contribution in [3.05, 3.63) is 16.6 Å². The Balaban J connectivity index is 1.22. The van der Waals surface area contributed by atoms with Gasteiger partial charge in [-0.15, -0.1) is 0 Å². The quantitative estimate of drug-likeness (QED) is 0.440. The van der Waals surface area contributed by atoms with Gasteiger partial charge in [-0.05, 0) is 73.7 Å². The number of aryl methyl sites for hydroxylation is 1. The molecule has 1 saturated heterocycles. The molecule has 1 aromatic rings. The smallest absolute Gasteiger partial charge is 0.198 e. The Morgan fingerprint density at radius 1 is 1.12 bits per heavy atom. The normalized spacial score (nSPS) is 39.2. The van der Waals surface area contributed by atoms with Crippen LogP contribution in [0.1, 0.15) is 62.9 Å². The first-order valence-electron chi connectivity index (χ1n) is 13.2. The number of nitrogens with one attached hydrogen (secondary N) is 1. The molecule has 1 aromatic heterocycles. The molecule has 0 bridgehead atoms. The highest BCUT2D eigenvalue weighted by molar-refractivity contribution is 7.16. The highest BCUT2D eigenvalue weighted by atomic mass is 32.1. The van der Waals surface area contributed by atoms with Crippen LogP contribution in [0.25, 0.3) is 5.57 Å². The Hall–Kier alpha value is -1.48. The summed E-state index contributed by atoms with van der Waals surface area (Å²) in [6.07, 6.45) is 10.5. The van der Waals surface area contributed by atoms with Gasteiger partial charge in [0.25, 0.3) is 0 Å². The maximum atomic E-state index is 9.62. The van der Waals surface area contributed by atoms with Crippen LogP contribution in [0.15, 0.2) is 11.2 Å². The third kappa shape index (κ3) is 3.47. The minimum atomic E-state index is 0.0974. The molecule has 186 valence electrons. The first-order valence-corrected chi connectivity index (χ1v) is 14.0. The summed E-state index contributed by atoms with van der Waals surface area (Å²) in [4.78, 5) is 8.78. The molecule has 5 atom stereocenters. The third-order valence-electron chi connectivity index (χ3n) is 10.2. The number of oxime groups is 1. The van der Waals surface area contributed by atoms with Crippen molar-refractivity contribution in [1.82, 2.24) is 14.9 Å². The van der Waals surface area contributed by atoms with Gasteiger partial charge in [-0.3, -0.25) is 10.3 Å². The standard InChI is InChI=1S/C26H39N5O2S/c1-25-10-8-21-23(34-24(27-21)28-31-13-11-30(12-14-31)15-16-32)20(25)4-3-17-18-5-6-22(29-33)26(18,2)9-7-19(17)25/h4,17-19,32-33H,3,5-16H2,1-2H3,(H,27,28)/b29-22+/t17-,18-,19-,25+,26-/m0/s1. The number of β-amino-alcohol motifs (C(OH)–C–C–N with tert-alkyl or cyclic N) is 1. The van der Waals surface area contributed by atoms with Crippen LogP contribution in [0.5, 0.6) is 0 Å². The molecular weight excluding hydrogens is 446 g/mol. The van der Waals surface area contributed by atoms with Crippen molar-refractivity contribution in [2.75, 3.05) is 44.8 Å². The van der Waals surface area contributed by atoms with E-state index >= 15 is 0 Å². The Morgan fingerprint density at radius 3 is 2.68 bits per heavy atom. The number of hydrogen-bond donors (Lipinski definition) is 3. The van der Waals surface area contributed by atoms with Crippen LogP contribution in [-0.4, -0.2) is 70.2 Å². The number of hydrogen-bond acceptors (Lipinski definition) is 8. The average Bonchev–Trinajstić information content (AvgIpc) is 3.40. The number of hydrazine groups is 1. The van der Waals surface area contributed by atoms with Crippen LogP contribution in [-0.2, 0) is 6.42 Å². The largest absolute Gasteiger partial charge is 0.411 e. The number of rotatable bonds is 4. The SMILES string of the molecule is C[C@]12CCc3nc(NN4CCN(CCO)CC4)sc3C1=CC[C@@H]1[C@@H]2CC[C@]2(C)/C(=N/O)CC[C@@H]12. The first kappa shape index (κ1) is 23.0. The Labute approximate surface area is 206 Å². The summed E-state index contributed by atoms with van der Waals surface area (Å²) >= 11 is 1.85. The number of aliphatic hydroxyl groups is 1. The van der Waals surface area contributed by atoms with Crippen LogP contribution in [0, 0.1) is 28.6 Å². The Bertz CT molecular complexity index is 999. The van der Waals surface area contributed by atoms with Gasteiger partial charge in [-0.25, -0.2) is 9.99 Å². The number of aromatic nitrogens is 1. The molecule has 2 saturated carbocycles. The maximum absolute atomic E-state index is 9.62. The van der Waals surface area contributed by atoms with E-state index in [1.54, 1.807) is 5.57 Å². The van der Waals surface area contributed by atoms with Crippen molar-refractivity contribution >= 4 is 27.8 Å². The molecule has 0 aromatic carbocycles. The first-order chi connectivity index (χ1) is 16.5. The van der Waals surface area contributed by atoms with Gasteiger partial charge in [0.2, 0.25) is 0 Å². The second kappa shape index (κ2) is 8.57. The second-order valence-corrected chi connectivity index (χ2v) is 12.6. The van der Waals surface area contributed by atoms with E-state index < -0.39 is 0 Å². The van der Waals surface area contributed by atoms with E-state index in [9.17, 15) is 10.3 Å². The minimum Gasteiger partial charge on any atom is -0.411 e. The van der Waals surface area contributed by atoms with E-state index in [0.29, 0.717) is 11.8 Å². The fourth-order valence-corrected chi connectivity index (χ4v) is 9.45. The van der Waals surface area contributed by atoms with Crippen molar-refractivity contribution < 1.29 is 10.3 Å². The molecular formula is C26H39N5O2S. The summed E-state index contributed by atoms with van der Waals surface area (Å²) in [6, 6.07) is 0. The molecule has 8 heteroatoms. The van der Waals surface area contributed by atoms with E-state index in [1.165, 1.54) is 29.8 Å². The summed E-state index contributed by atoms with van der Waals surface area (Å²) in [5, 5.41) is 25.9. The lowest BCUT2D eigenvalue weighted by atomic mass is 9.48. The van der Waals surface area contributed by atoms with Gasteiger partial charge in [0.15, 0.2) is 5.13 Å². The lowest BCUT2D eigenvalue weighted by molar-refractivity contribution is 0.0110. The Morgan fingerprint density at radius 2 is 1.91 bits per heavy atom. The maximum Gasteiger partial charge on any atom is 0.198 e. The van der Waals surface area contributed by atoms with Gasteiger partial charge < -0.3 is 10.3 Å². The molecule has 0 spiro atoms. The fourth-order valence-electron chi connectivity index (χ4n) is 8.24. The van der Waals surface area contributed by atoms with Crippen LogP contribution in [0.2, 0.25) is 0 Å². The second-order valence-electron chi connectivity index (χ2n) is 11.6. The lowest BCUT2D eigenvalue weighted by Gasteiger charge is -2.56. The zero-order valence-electron chi connectivity index (χ0n) is 20.6. The molecule has 3 N–H and O–H groups in total. The highest BCUT2D eigenvalue weighted by Crippen LogP contribution is 2.65. The number of fused-ring (bicyclic) bond motifs is 7. The predicted octanol–water partition coefficient (Wildman–Crippen LogP) is 4.09. The van der Waals surface area contributed by atoms with Gasteiger partial charge in [-0.1, -0.05) is 36.4 Å². The zero-order valence-corrected chi connectivity index (χ0v) is 21.4. The molecule has 3 fully saturated rings. The molecule has 7 nitrogen and oxygen atoms in total. The van der Waals surface area contributed by atoms with Crippen LogP contribution in [0.3, 0.4) is 0 Å². The van der Waals surface area contributed by atoms with E-state index in [-0.39, 0.29) is 17.4 Å². The van der Waals surface area contributed by atoms with Crippen LogP contribution in [0.4, 0.5) is 5.13 Å². The van der Waals surface area contributed by atoms with Gasteiger partial charge in [0.05, 0.1) is 22.9 Å². The summed E-state index contributed by atoms with van der Waals surface area (Å²) < 4.78 is 0. The van der Waals surface area contributed by atoms with Gasteiger partial charge in [-0.2, -0.15) is 0 Å². The highest BCUT2D eigenvalue weighted by Gasteiger charge is 2.58. The summed E-state index contributed by atoms with van der Waals surface area (Å²) in [7, 11) is 0. The number of allylic oxidation sites excluding steroid dienone is 2. The fraction of sp³-hybridized carbons (Fsp3) is 0.769. The number of thiazole rings is 1.